The predicted octanol–water partition coefficient (Wildman–Crippen LogP) is 8.76. The minimum absolute atomic E-state index is 0.0750. The van der Waals surface area contributed by atoms with Gasteiger partial charge in [0.15, 0.2) is 0 Å². The molecule has 204 valence electrons. The van der Waals surface area contributed by atoms with Crippen molar-refractivity contribution >= 4 is 5.91 Å². The Balaban J connectivity index is 3.72. The minimum Gasteiger partial charge on any atom is -0.396 e. The largest absolute Gasteiger partial charge is 0.396 e. The third-order valence-electron chi connectivity index (χ3n) is 6.87. The predicted molar refractivity (Wildman–Crippen MR) is 143 cm³/mol. The van der Waals surface area contributed by atoms with Crippen LogP contribution in [0.15, 0.2) is 0 Å². The SMILES string of the molecule is CCCCCCCCCCCCCCCCON(O)C(=O)C(CCCO)CCCCCCCC. The number of amides is 1. The molecule has 0 rings (SSSR count). The van der Waals surface area contributed by atoms with E-state index in [4.69, 9.17) is 9.94 Å². The van der Waals surface area contributed by atoms with Gasteiger partial charge in [-0.25, -0.2) is 4.84 Å². The second-order valence-corrected chi connectivity index (χ2v) is 10.2. The third kappa shape index (κ3) is 21.9. The van der Waals surface area contributed by atoms with Gasteiger partial charge in [-0.3, -0.25) is 10.0 Å². The Hall–Kier alpha value is -0.650. The van der Waals surface area contributed by atoms with E-state index >= 15 is 0 Å². The van der Waals surface area contributed by atoms with Gasteiger partial charge in [-0.2, -0.15) is 0 Å². The molecule has 0 saturated carbocycles. The first-order valence-corrected chi connectivity index (χ1v) is 14.9. The Morgan fingerprint density at radius 1 is 0.618 bits per heavy atom. The average molecular weight is 486 g/mol. The lowest BCUT2D eigenvalue weighted by Gasteiger charge is -2.21. The summed E-state index contributed by atoms with van der Waals surface area (Å²) in [6, 6.07) is 0. The fourth-order valence-corrected chi connectivity index (χ4v) is 4.57. The molecule has 5 nitrogen and oxygen atoms in total. The van der Waals surface area contributed by atoms with E-state index in [2.05, 4.69) is 13.8 Å². The molecule has 0 aromatic carbocycles. The van der Waals surface area contributed by atoms with E-state index in [1.165, 1.54) is 103 Å². The molecule has 0 heterocycles. The molecule has 0 bridgehead atoms. The van der Waals surface area contributed by atoms with Crippen LogP contribution in [0.3, 0.4) is 0 Å². The highest BCUT2D eigenvalue weighted by Crippen LogP contribution is 2.19. The molecule has 2 N–H and O–H groups in total. The van der Waals surface area contributed by atoms with Gasteiger partial charge >= 0.3 is 0 Å². The summed E-state index contributed by atoms with van der Waals surface area (Å²) < 4.78 is 0. The zero-order chi connectivity index (χ0) is 25.1. The van der Waals surface area contributed by atoms with Gasteiger partial charge in [-0.05, 0) is 25.7 Å². The standard InChI is InChI=1S/C29H59NO4/c1-3-5-7-9-11-12-13-14-15-16-17-18-20-22-27-34-30(33)29(32)28(25-23-26-31)24-21-19-10-8-6-4-2/h28,31,33H,3-27H2,1-2H3. The van der Waals surface area contributed by atoms with E-state index in [0.717, 1.165) is 32.1 Å². The maximum absolute atomic E-state index is 12.6. The Bertz CT molecular complexity index is 419. The first-order chi connectivity index (χ1) is 16.7. The van der Waals surface area contributed by atoms with Crippen LogP contribution < -0.4 is 0 Å². The average Bonchev–Trinajstić information content (AvgIpc) is 2.85. The molecule has 34 heavy (non-hydrogen) atoms. The summed E-state index contributed by atoms with van der Waals surface area (Å²) in [6.45, 7) is 4.93. The van der Waals surface area contributed by atoms with Crippen LogP contribution in [0.4, 0.5) is 0 Å². The monoisotopic (exact) mass is 485 g/mol. The molecule has 0 aromatic heterocycles. The van der Waals surface area contributed by atoms with Crippen LogP contribution in [-0.2, 0) is 9.63 Å². The van der Waals surface area contributed by atoms with Crippen molar-refractivity contribution in [1.82, 2.24) is 5.23 Å². The number of hydrogen-bond donors (Lipinski definition) is 2. The van der Waals surface area contributed by atoms with E-state index in [9.17, 15) is 10.0 Å². The number of unbranched alkanes of at least 4 members (excludes halogenated alkanes) is 18. The number of nitrogens with zero attached hydrogens (tertiary/aromatic N) is 1. The zero-order valence-corrected chi connectivity index (χ0v) is 22.9. The molecule has 0 radical (unpaired) electrons. The van der Waals surface area contributed by atoms with Crippen molar-refractivity contribution in [2.75, 3.05) is 13.2 Å². The Labute approximate surface area is 211 Å². The van der Waals surface area contributed by atoms with Crippen molar-refractivity contribution in [1.29, 1.82) is 0 Å². The van der Waals surface area contributed by atoms with Gasteiger partial charge in [-0.15, -0.1) is 0 Å². The normalized spacial score (nSPS) is 12.2. The van der Waals surface area contributed by atoms with Gasteiger partial charge in [0.2, 0.25) is 0 Å². The van der Waals surface area contributed by atoms with Crippen molar-refractivity contribution < 1.29 is 19.9 Å². The van der Waals surface area contributed by atoms with Crippen LogP contribution in [0.1, 0.15) is 162 Å². The van der Waals surface area contributed by atoms with E-state index in [1.807, 2.05) is 0 Å². The Kier molecular flexibility index (Phi) is 26.4. The smallest absolute Gasteiger partial charge is 0.276 e. The van der Waals surface area contributed by atoms with Crippen molar-refractivity contribution in [3.05, 3.63) is 0 Å². The highest BCUT2D eigenvalue weighted by atomic mass is 16.9. The number of carbonyl (C=O) groups is 1. The van der Waals surface area contributed by atoms with Crippen LogP contribution in [0.5, 0.6) is 0 Å². The summed E-state index contributed by atoms with van der Waals surface area (Å²) in [6.07, 6.45) is 27.1. The fraction of sp³-hybridized carbons (Fsp3) is 0.966. The molecular formula is C29H59NO4. The molecule has 0 fully saturated rings. The molecule has 0 aliphatic carbocycles. The lowest BCUT2D eigenvalue weighted by Crippen LogP contribution is -2.34. The van der Waals surface area contributed by atoms with Crippen LogP contribution in [0.25, 0.3) is 0 Å². The van der Waals surface area contributed by atoms with E-state index in [0.29, 0.717) is 24.7 Å². The number of hydroxylamine groups is 2. The van der Waals surface area contributed by atoms with Crippen molar-refractivity contribution in [3.63, 3.8) is 0 Å². The molecule has 1 amide bonds. The van der Waals surface area contributed by atoms with Crippen LogP contribution in [-0.4, -0.2) is 34.7 Å². The summed E-state index contributed by atoms with van der Waals surface area (Å²) in [7, 11) is 0. The van der Waals surface area contributed by atoms with Gasteiger partial charge in [0.1, 0.15) is 0 Å². The first-order valence-electron chi connectivity index (χ1n) is 14.9. The molecule has 0 spiro atoms. The molecule has 1 atom stereocenters. The molecule has 0 saturated heterocycles. The summed E-state index contributed by atoms with van der Waals surface area (Å²) in [5.74, 6) is -0.618. The molecule has 0 aliphatic heterocycles. The van der Waals surface area contributed by atoms with Crippen molar-refractivity contribution in [2.24, 2.45) is 5.92 Å². The van der Waals surface area contributed by atoms with E-state index in [-0.39, 0.29) is 18.4 Å². The number of rotatable bonds is 27. The van der Waals surface area contributed by atoms with Crippen LogP contribution in [0.2, 0.25) is 0 Å². The van der Waals surface area contributed by atoms with Gasteiger partial charge < -0.3 is 5.11 Å². The van der Waals surface area contributed by atoms with E-state index < -0.39 is 0 Å². The Morgan fingerprint density at radius 3 is 1.44 bits per heavy atom. The zero-order valence-electron chi connectivity index (χ0n) is 22.9. The van der Waals surface area contributed by atoms with E-state index in [1.54, 1.807) is 0 Å². The second-order valence-electron chi connectivity index (χ2n) is 10.2. The first kappa shape index (κ1) is 33.4. The topological polar surface area (TPSA) is 70.0 Å². The highest BCUT2D eigenvalue weighted by Gasteiger charge is 2.23. The summed E-state index contributed by atoms with van der Waals surface area (Å²) >= 11 is 0. The highest BCUT2D eigenvalue weighted by molar-refractivity contribution is 5.76. The van der Waals surface area contributed by atoms with Crippen molar-refractivity contribution in [3.8, 4) is 0 Å². The third-order valence-corrected chi connectivity index (χ3v) is 6.87. The van der Waals surface area contributed by atoms with Gasteiger partial charge in [0.05, 0.1) is 6.61 Å². The molecular weight excluding hydrogens is 426 g/mol. The summed E-state index contributed by atoms with van der Waals surface area (Å²) in [4.78, 5) is 17.9. The number of aliphatic hydroxyl groups excluding tert-OH is 1. The maximum atomic E-state index is 12.6. The van der Waals surface area contributed by atoms with Crippen LogP contribution >= 0.6 is 0 Å². The molecule has 0 aliphatic rings. The van der Waals surface area contributed by atoms with Gasteiger partial charge in [-0.1, -0.05) is 141 Å². The van der Waals surface area contributed by atoms with Crippen LogP contribution in [0, 0.1) is 5.92 Å². The quantitative estimate of drug-likeness (QED) is 0.0693. The lowest BCUT2D eigenvalue weighted by molar-refractivity contribution is -0.318. The number of hydrogen-bond acceptors (Lipinski definition) is 4. The fourth-order valence-electron chi connectivity index (χ4n) is 4.57. The second kappa shape index (κ2) is 26.9. The van der Waals surface area contributed by atoms with Gasteiger partial charge in [0, 0.05) is 12.5 Å². The molecule has 5 heteroatoms. The minimum atomic E-state index is -0.354. The Morgan fingerprint density at radius 2 is 1.00 bits per heavy atom. The number of aliphatic hydroxyl groups is 1. The molecule has 0 aromatic rings. The lowest BCUT2D eigenvalue weighted by atomic mass is 9.95. The van der Waals surface area contributed by atoms with Gasteiger partial charge in [0.25, 0.3) is 5.91 Å². The summed E-state index contributed by atoms with van der Waals surface area (Å²) in [5.41, 5.74) is 0. The summed E-state index contributed by atoms with van der Waals surface area (Å²) in [5, 5.41) is 19.7. The molecule has 1 unspecified atom stereocenters. The maximum Gasteiger partial charge on any atom is 0.276 e. The van der Waals surface area contributed by atoms with Crippen molar-refractivity contribution in [2.45, 2.75) is 162 Å². The number of carbonyl (C=O) groups excluding carboxylic acids is 1.